The summed E-state index contributed by atoms with van der Waals surface area (Å²) < 4.78 is 0. The van der Waals surface area contributed by atoms with Crippen LogP contribution in [0.1, 0.15) is 19.8 Å². The topological polar surface area (TPSA) is 81.8 Å². The second-order valence-electron chi connectivity index (χ2n) is 5.44. The molecule has 112 valence electrons. The third-order valence-electron chi connectivity index (χ3n) is 3.66. The van der Waals surface area contributed by atoms with E-state index >= 15 is 0 Å². The zero-order valence-corrected chi connectivity index (χ0v) is 11.9. The summed E-state index contributed by atoms with van der Waals surface area (Å²) in [6.45, 7) is 4.66. The van der Waals surface area contributed by atoms with Crippen molar-refractivity contribution in [2.24, 2.45) is 0 Å². The van der Waals surface area contributed by atoms with Crippen molar-refractivity contribution in [2.45, 2.75) is 25.8 Å². The molecule has 0 spiro atoms. The number of carbonyl (C=O) groups is 3. The lowest BCUT2D eigenvalue weighted by molar-refractivity contribution is -0.136. The molecule has 2 aliphatic rings. The fourth-order valence-electron chi connectivity index (χ4n) is 2.73. The number of rotatable bonds is 3. The van der Waals surface area contributed by atoms with E-state index in [0.29, 0.717) is 19.6 Å². The third-order valence-corrected chi connectivity index (χ3v) is 3.66. The first kappa shape index (κ1) is 14.8. The molecule has 20 heavy (non-hydrogen) atoms. The van der Waals surface area contributed by atoms with Crippen LogP contribution >= 0.6 is 0 Å². The Morgan fingerprint density at radius 2 is 2.20 bits per heavy atom. The van der Waals surface area contributed by atoms with Gasteiger partial charge in [-0.15, -0.1) is 0 Å². The first-order valence-corrected chi connectivity index (χ1v) is 7.08. The number of likely N-dealkylation sites (tertiary alicyclic amines) is 1. The summed E-state index contributed by atoms with van der Waals surface area (Å²) in [7, 11) is 0. The van der Waals surface area contributed by atoms with E-state index in [2.05, 4.69) is 10.6 Å². The van der Waals surface area contributed by atoms with Gasteiger partial charge in [-0.25, -0.2) is 0 Å². The molecule has 7 heteroatoms. The lowest BCUT2D eigenvalue weighted by atomic mass is 10.1. The van der Waals surface area contributed by atoms with Crippen LogP contribution in [0.3, 0.4) is 0 Å². The molecule has 2 saturated heterocycles. The summed E-state index contributed by atoms with van der Waals surface area (Å²) in [5, 5.41) is 5.61. The first-order valence-electron chi connectivity index (χ1n) is 7.08. The molecule has 2 fully saturated rings. The lowest BCUT2D eigenvalue weighted by Crippen LogP contribution is -2.54. The summed E-state index contributed by atoms with van der Waals surface area (Å²) >= 11 is 0. The van der Waals surface area contributed by atoms with E-state index in [1.54, 1.807) is 4.90 Å². The minimum Gasteiger partial charge on any atom is -0.354 e. The zero-order valence-electron chi connectivity index (χ0n) is 11.9. The van der Waals surface area contributed by atoms with Crippen LogP contribution in [0.5, 0.6) is 0 Å². The molecule has 0 radical (unpaired) electrons. The largest absolute Gasteiger partial charge is 0.354 e. The molecule has 2 N–H and O–H groups in total. The normalized spacial score (nSPS) is 24.1. The van der Waals surface area contributed by atoms with Gasteiger partial charge in [-0.05, 0) is 12.8 Å². The van der Waals surface area contributed by atoms with Crippen molar-refractivity contribution in [1.29, 1.82) is 0 Å². The fraction of sp³-hybridized carbons (Fsp3) is 0.769. The number of amides is 3. The maximum absolute atomic E-state index is 12.2. The predicted molar refractivity (Wildman–Crippen MR) is 72.9 cm³/mol. The number of piperazine rings is 1. The van der Waals surface area contributed by atoms with Gasteiger partial charge in [-0.3, -0.25) is 19.3 Å². The van der Waals surface area contributed by atoms with Crippen LogP contribution < -0.4 is 10.6 Å². The molecule has 0 saturated carbocycles. The molecule has 1 unspecified atom stereocenters. The highest BCUT2D eigenvalue weighted by Crippen LogP contribution is 2.11. The molecule has 0 aromatic heterocycles. The van der Waals surface area contributed by atoms with Gasteiger partial charge in [0.15, 0.2) is 0 Å². The number of nitrogens with one attached hydrogen (secondary N) is 2. The molecular weight excluding hydrogens is 260 g/mol. The molecule has 7 nitrogen and oxygen atoms in total. The molecule has 0 aromatic rings. The van der Waals surface area contributed by atoms with E-state index in [9.17, 15) is 14.4 Å². The number of carbonyl (C=O) groups excluding carboxylic acids is 3. The van der Waals surface area contributed by atoms with Gasteiger partial charge < -0.3 is 15.5 Å². The van der Waals surface area contributed by atoms with Crippen LogP contribution in [0.25, 0.3) is 0 Å². The summed E-state index contributed by atoms with van der Waals surface area (Å²) in [6.07, 6.45) is 1.81. The Balaban J connectivity index is 1.82. The Labute approximate surface area is 118 Å². The van der Waals surface area contributed by atoms with Crippen molar-refractivity contribution in [3.05, 3.63) is 0 Å². The van der Waals surface area contributed by atoms with Gasteiger partial charge in [0.1, 0.15) is 0 Å². The van der Waals surface area contributed by atoms with Gasteiger partial charge >= 0.3 is 0 Å². The van der Waals surface area contributed by atoms with E-state index < -0.39 is 0 Å². The molecule has 2 heterocycles. The van der Waals surface area contributed by atoms with E-state index in [1.807, 2.05) is 4.90 Å². The SMILES string of the molecule is CC(=O)NC1CCCN(C(=O)CN2CCNC(=O)C2)C1. The van der Waals surface area contributed by atoms with Crippen LogP contribution in [-0.2, 0) is 14.4 Å². The number of nitrogens with zero attached hydrogens (tertiary/aromatic N) is 2. The monoisotopic (exact) mass is 282 g/mol. The van der Waals surface area contributed by atoms with Crippen molar-refractivity contribution in [1.82, 2.24) is 20.4 Å². The molecule has 0 aliphatic carbocycles. The average molecular weight is 282 g/mol. The Bertz CT molecular complexity index is 399. The molecule has 1 atom stereocenters. The molecular formula is C13H22N4O3. The first-order chi connectivity index (χ1) is 9.54. The molecule has 3 amide bonds. The minimum atomic E-state index is -0.0583. The van der Waals surface area contributed by atoms with Gasteiger partial charge in [0.2, 0.25) is 17.7 Å². The zero-order chi connectivity index (χ0) is 14.5. The highest BCUT2D eigenvalue weighted by Gasteiger charge is 2.26. The quantitative estimate of drug-likeness (QED) is 0.663. The van der Waals surface area contributed by atoms with Gasteiger partial charge in [0.05, 0.1) is 13.1 Å². The van der Waals surface area contributed by atoms with Crippen molar-refractivity contribution >= 4 is 17.7 Å². The second kappa shape index (κ2) is 6.69. The summed E-state index contributed by atoms with van der Waals surface area (Å²) in [4.78, 5) is 38.3. The fourth-order valence-corrected chi connectivity index (χ4v) is 2.73. The van der Waals surface area contributed by atoms with E-state index in [0.717, 1.165) is 19.4 Å². The summed E-state index contributed by atoms with van der Waals surface area (Å²) in [6, 6.07) is 0.0508. The maximum atomic E-state index is 12.2. The highest BCUT2D eigenvalue weighted by molar-refractivity contribution is 5.82. The van der Waals surface area contributed by atoms with E-state index in [-0.39, 0.29) is 36.9 Å². The molecule has 2 rings (SSSR count). The van der Waals surface area contributed by atoms with E-state index in [4.69, 9.17) is 0 Å². The van der Waals surface area contributed by atoms with E-state index in [1.165, 1.54) is 6.92 Å². The number of hydrogen-bond donors (Lipinski definition) is 2. The Morgan fingerprint density at radius 1 is 1.40 bits per heavy atom. The number of piperidine rings is 1. The number of hydrogen-bond acceptors (Lipinski definition) is 4. The maximum Gasteiger partial charge on any atom is 0.236 e. The van der Waals surface area contributed by atoms with Crippen LogP contribution in [0.15, 0.2) is 0 Å². The Morgan fingerprint density at radius 3 is 2.90 bits per heavy atom. The average Bonchev–Trinajstić information content (AvgIpc) is 2.38. The minimum absolute atomic E-state index is 0.0289. The third kappa shape index (κ3) is 4.19. The molecule has 2 aliphatic heterocycles. The van der Waals surface area contributed by atoms with Crippen LogP contribution in [0, 0.1) is 0 Å². The molecule has 0 bridgehead atoms. The van der Waals surface area contributed by atoms with Crippen molar-refractivity contribution < 1.29 is 14.4 Å². The Hall–Kier alpha value is -1.63. The van der Waals surface area contributed by atoms with Gasteiger partial charge in [-0.1, -0.05) is 0 Å². The van der Waals surface area contributed by atoms with Gasteiger partial charge in [-0.2, -0.15) is 0 Å². The van der Waals surface area contributed by atoms with Gasteiger partial charge in [0, 0.05) is 39.1 Å². The summed E-state index contributed by atoms with van der Waals surface area (Å²) in [5.74, 6) is -0.0504. The smallest absolute Gasteiger partial charge is 0.236 e. The lowest BCUT2D eigenvalue weighted by Gasteiger charge is -2.35. The van der Waals surface area contributed by atoms with Crippen molar-refractivity contribution in [3.8, 4) is 0 Å². The highest BCUT2D eigenvalue weighted by atomic mass is 16.2. The molecule has 0 aromatic carbocycles. The standard InChI is InChI=1S/C13H22N4O3/c1-10(18)15-11-3-2-5-17(7-11)13(20)9-16-6-4-14-12(19)8-16/h11H,2-9H2,1H3,(H,14,19)(H,15,18). The van der Waals surface area contributed by atoms with Crippen LogP contribution in [-0.4, -0.2) is 72.8 Å². The summed E-state index contributed by atoms with van der Waals surface area (Å²) in [5.41, 5.74) is 0. The van der Waals surface area contributed by atoms with Crippen LogP contribution in [0.2, 0.25) is 0 Å². The van der Waals surface area contributed by atoms with Gasteiger partial charge in [0.25, 0.3) is 0 Å². The van der Waals surface area contributed by atoms with Crippen LogP contribution in [0.4, 0.5) is 0 Å². The van der Waals surface area contributed by atoms with Crippen molar-refractivity contribution in [3.63, 3.8) is 0 Å². The van der Waals surface area contributed by atoms with Crippen molar-refractivity contribution in [2.75, 3.05) is 39.3 Å². The predicted octanol–water partition coefficient (Wildman–Crippen LogP) is -1.45. The Kier molecular flexibility index (Phi) is 4.94. The second-order valence-corrected chi connectivity index (χ2v) is 5.44.